The predicted octanol–water partition coefficient (Wildman–Crippen LogP) is 4.13. The van der Waals surface area contributed by atoms with Crippen molar-refractivity contribution in [2.45, 2.75) is 12.8 Å². The summed E-state index contributed by atoms with van der Waals surface area (Å²) in [7, 11) is 0. The Hall–Kier alpha value is -2.22. The Morgan fingerprint density at radius 3 is 3.00 bits per heavy atom. The molecule has 1 heterocycles. The van der Waals surface area contributed by atoms with Crippen LogP contribution in [0.1, 0.15) is 17.5 Å². The van der Waals surface area contributed by atoms with E-state index in [1.807, 2.05) is 18.2 Å². The smallest absolute Gasteiger partial charge is 0.137 e. The van der Waals surface area contributed by atoms with Gasteiger partial charge in [0.1, 0.15) is 11.2 Å². The third-order valence-electron chi connectivity index (χ3n) is 3.67. The van der Waals surface area contributed by atoms with Crippen molar-refractivity contribution in [2.75, 3.05) is 5.73 Å². The number of anilines is 1. The van der Waals surface area contributed by atoms with Gasteiger partial charge in [0.2, 0.25) is 0 Å². The molecule has 0 amide bonds. The van der Waals surface area contributed by atoms with Crippen LogP contribution in [-0.2, 0) is 6.42 Å². The van der Waals surface area contributed by atoms with Gasteiger partial charge in [-0.3, -0.25) is 0 Å². The van der Waals surface area contributed by atoms with E-state index in [0.717, 1.165) is 40.5 Å². The minimum atomic E-state index is 0.789. The van der Waals surface area contributed by atoms with Crippen LogP contribution >= 0.6 is 0 Å². The second-order valence-corrected chi connectivity index (χ2v) is 4.81. The molecule has 0 bridgehead atoms. The molecule has 2 aromatic carbocycles. The van der Waals surface area contributed by atoms with E-state index < -0.39 is 0 Å². The van der Waals surface area contributed by atoms with Gasteiger partial charge in [-0.15, -0.1) is 0 Å². The average molecular weight is 235 g/mol. The van der Waals surface area contributed by atoms with Crippen LogP contribution in [0.4, 0.5) is 5.69 Å². The normalized spacial score (nSPS) is 14.2. The van der Waals surface area contributed by atoms with Gasteiger partial charge < -0.3 is 10.2 Å². The Labute approximate surface area is 105 Å². The summed E-state index contributed by atoms with van der Waals surface area (Å²) in [5, 5.41) is 2.18. The van der Waals surface area contributed by atoms with Crippen LogP contribution in [0.3, 0.4) is 0 Å². The molecule has 0 radical (unpaired) electrons. The monoisotopic (exact) mass is 235 g/mol. The van der Waals surface area contributed by atoms with Crippen molar-refractivity contribution in [3.63, 3.8) is 0 Å². The highest BCUT2D eigenvalue weighted by Crippen LogP contribution is 2.35. The zero-order valence-electron chi connectivity index (χ0n) is 9.94. The van der Waals surface area contributed by atoms with Crippen LogP contribution in [0.25, 0.3) is 28.0 Å². The number of benzene rings is 2. The Bertz CT molecular complexity index is 796. The first-order valence-electron chi connectivity index (χ1n) is 6.23. The highest BCUT2D eigenvalue weighted by Gasteiger charge is 2.13. The molecule has 1 aliphatic rings. The predicted molar refractivity (Wildman–Crippen MR) is 75.5 cm³/mol. The first-order chi connectivity index (χ1) is 8.83. The fraction of sp³-hybridized carbons (Fsp3) is 0.125. The molecule has 2 N–H and O–H groups in total. The Kier molecular flexibility index (Phi) is 1.84. The molecule has 0 spiro atoms. The van der Waals surface area contributed by atoms with Crippen molar-refractivity contribution < 1.29 is 4.42 Å². The van der Waals surface area contributed by atoms with Crippen molar-refractivity contribution >= 4 is 33.7 Å². The fourth-order valence-corrected chi connectivity index (χ4v) is 2.78. The van der Waals surface area contributed by atoms with Gasteiger partial charge >= 0.3 is 0 Å². The quantitative estimate of drug-likeness (QED) is 0.595. The first kappa shape index (κ1) is 9.77. The highest BCUT2D eigenvalue weighted by atomic mass is 16.3. The average Bonchev–Trinajstić information content (AvgIpc) is 2.74. The lowest BCUT2D eigenvalue weighted by atomic mass is 9.95. The number of hydrogen-bond acceptors (Lipinski definition) is 2. The minimum Gasteiger partial charge on any atom is -0.456 e. The zero-order chi connectivity index (χ0) is 12.1. The fourth-order valence-electron chi connectivity index (χ4n) is 2.78. The summed E-state index contributed by atoms with van der Waals surface area (Å²) in [4.78, 5) is 0. The van der Waals surface area contributed by atoms with Crippen LogP contribution < -0.4 is 5.73 Å². The second-order valence-electron chi connectivity index (χ2n) is 4.81. The van der Waals surface area contributed by atoms with Gasteiger partial charge in [-0.25, -0.2) is 0 Å². The molecule has 0 saturated heterocycles. The van der Waals surface area contributed by atoms with E-state index in [1.165, 1.54) is 11.1 Å². The van der Waals surface area contributed by atoms with E-state index >= 15 is 0 Å². The lowest BCUT2D eigenvalue weighted by Gasteiger charge is -2.09. The molecular formula is C16H13NO. The zero-order valence-corrected chi connectivity index (χ0v) is 9.94. The molecule has 1 aliphatic carbocycles. The summed E-state index contributed by atoms with van der Waals surface area (Å²) in [5.41, 5.74) is 11.3. The molecule has 0 aliphatic heterocycles. The van der Waals surface area contributed by atoms with E-state index in [-0.39, 0.29) is 0 Å². The summed E-state index contributed by atoms with van der Waals surface area (Å²) in [5.74, 6) is 0. The summed E-state index contributed by atoms with van der Waals surface area (Å²) in [6.45, 7) is 0. The van der Waals surface area contributed by atoms with E-state index in [0.29, 0.717) is 0 Å². The Morgan fingerprint density at radius 1 is 1.11 bits per heavy atom. The van der Waals surface area contributed by atoms with Gasteiger partial charge in [0.05, 0.1) is 5.39 Å². The number of hydrogen-bond donors (Lipinski definition) is 1. The highest BCUT2D eigenvalue weighted by molar-refractivity contribution is 6.11. The van der Waals surface area contributed by atoms with Crippen LogP contribution in [0, 0.1) is 0 Å². The van der Waals surface area contributed by atoms with Gasteiger partial charge in [0.25, 0.3) is 0 Å². The molecule has 88 valence electrons. The van der Waals surface area contributed by atoms with E-state index in [1.54, 1.807) is 0 Å². The van der Waals surface area contributed by atoms with E-state index in [4.69, 9.17) is 10.2 Å². The van der Waals surface area contributed by atoms with Gasteiger partial charge in [-0.2, -0.15) is 0 Å². The number of allylic oxidation sites excluding steroid dienone is 1. The third-order valence-corrected chi connectivity index (χ3v) is 3.67. The number of nitrogen functional groups attached to an aromatic ring is 1. The second kappa shape index (κ2) is 3.39. The lowest BCUT2D eigenvalue weighted by Crippen LogP contribution is -1.93. The molecule has 0 fully saturated rings. The molecule has 4 rings (SSSR count). The van der Waals surface area contributed by atoms with Gasteiger partial charge in [0.15, 0.2) is 0 Å². The number of fused-ring (bicyclic) bond motifs is 4. The van der Waals surface area contributed by atoms with E-state index in [9.17, 15) is 0 Å². The van der Waals surface area contributed by atoms with Crippen molar-refractivity contribution in [1.82, 2.24) is 0 Å². The van der Waals surface area contributed by atoms with Crippen molar-refractivity contribution in [3.05, 3.63) is 47.5 Å². The molecule has 3 aromatic rings. The maximum Gasteiger partial charge on any atom is 0.137 e. The van der Waals surface area contributed by atoms with Crippen LogP contribution in [0.2, 0.25) is 0 Å². The van der Waals surface area contributed by atoms with Crippen molar-refractivity contribution in [1.29, 1.82) is 0 Å². The Balaban J connectivity index is 2.18. The first-order valence-corrected chi connectivity index (χ1v) is 6.23. The molecule has 0 saturated carbocycles. The van der Waals surface area contributed by atoms with Crippen molar-refractivity contribution in [3.8, 4) is 0 Å². The molecular weight excluding hydrogens is 222 g/mol. The summed E-state index contributed by atoms with van der Waals surface area (Å²) < 4.78 is 5.89. The molecule has 0 atom stereocenters. The van der Waals surface area contributed by atoms with Crippen LogP contribution in [-0.4, -0.2) is 0 Å². The maximum atomic E-state index is 6.07. The summed E-state index contributed by atoms with van der Waals surface area (Å²) in [6, 6.07) is 10.2. The van der Waals surface area contributed by atoms with Gasteiger partial charge in [-0.1, -0.05) is 18.2 Å². The topological polar surface area (TPSA) is 39.2 Å². The molecule has 2 heteroatoms. The van der Waals surface area contributed by atoms with Crippen LogP contribution in [0.5, 0.6) is 0 Å². The van der Waals surface area contributed by atoms with Crippen LogP contribution in [0.15, 0.2) is 40.8 Å². The number of furan rings is 1. The largest absolute Gasteiger partial charge is 0.456 e. The number of aryl methyl sites for hydroxylation is 1. The summed E-state index contributed by atoms with van der Waals surface area (Å²) in [6.07, 6.45) is 6.60. The molecule has 0 unspecified atom stereocenters. The SMILES string of the molecule is Nc1cccc2oc3cc4c(cc3c12)CCC=C4. The number of nitrogens with two attached hydrogens (primary N) is 1. The van der Waals surface area contributed by atoms with Crippen molar-refractivity contribution in [2.24, 2.45) is 0 Å². The van der Waals surface area contributed by atoms with Gasteiger partial charge in [0, 0.05) is 11.1 Å². The lowest BCUT2D eigenvalue weighted by molar-refractivity contribution is 0.668. The molecule has 1 aromatic heterocycles. The van der Waals surface area contributed by atoms with E-state index in [2.05, 4.69) is 24.3 Å². The Morgan fingerprint density at radius 2 is 2.06 bits per heavy atom. The van der Waals surface area contributed by atoms with Gasteiger partial charge in [-0.05, 0) is 48.2 Å². The minimum absolute atomic E-state index is 0.789. The number of rotatable bonds is 0. The summed E-state index contributed by atoms with van der Waals surface area (Å²) >= 11 is 0. The third kappa shape index (κ3) is 1.23. The standard InChI is InChI=1S/C16H13NO/c17-13-6-3-7-14-16(13)12-8-10-4-1-2-5-11(10)9-15(12)18-14/h2-3,5-9H,1,4,17H2. The molecule has 18 heavy (non-hydrogen) atoms. The maximum absolute atomic E-state index is 6.07. The molecule has 2 nitrogen and oxygen atoms in total.